The van der Waals surface area contributed by atoms with Crippen LogP contribution >= 0.6 is 0 Å². The Balaban J connectivity index is 2.19. The molecular formula is C19H17N2+. The first-order chi connectivity index (χ1) is 10.3. The number of aromatic nitrogens is 2. The first-order valence-corrected chi connectivity index (χ1v) is 7.20. The zero-order valence-corrected chi connectivity index (χ0v) is 12.2. The minimum absolute atomic E-state index is 1.23. The van der Waals surface area contributed by atoms with Crippen LogP contribution in [0.2, 0.25) is 0 Å². The number of hydrogen-bond donors (Lipinski definition) is 0. The summed E-state index contributed by atoms with van der Waals surface area (Å²) < 4.78 is 4.49. The fraction of sp³-hybridized carbons (Fsp3) is 0.105. The van der Waals surface area contributed by atoms with Crippen molar-refractivity contribution in [1.29, 1.82) is 0 Å². The van der Waals surface area contributed by atoms with E-state index in [4.69, 9.17) is 0 Å². The Labute approximate surface area is 123 Å². The number of rotatable bonds is 1. The summed E-state index contributed by atoms with van der Waals surface area (Å²) in [5.74, 6) is 0. The van der Waals surface area contributed by atoms with Crippen molar-refractivity contribution in [2.75, 3.05) is 0 Å². The van der Waals surface area contributed by atoms with Gasteiger partial charge in [0.15, 0.2) is 6.20 Å². The van der Waals surface area contributed by atoms with Crippen LogP contribution in [0, 0.1) is 6.92 Å². The van der Waals surface area contributed by atoms with Crippen LogP contribution in [0.25, 0.3) is 27.7 Å². The Kier molecular flexibility index (Phi) is 2.58. The second-order valence-corrected chi connectivity index (χ2v) is 5.53. The minimum atomic E-state index is 1.23. The van der Waals surface area contributed by atoms with Crippen molar-refractivity contribution < 1.29 is 4.57 Å². The molecule has 0 N–H and O–H groups in total. The molecule has 0 saturated carbocycles. The summed E-state index contributed by atoms with van der Waals surface area (Å²) in [6.07, 6.45) is 4.28. The van der Waals surface area contributed by atoms with Crippen LogP contribution < -0.4 is 4.57 Å². The molecule has 0 radical (unpaired) electrons. The molecule has 0 fully saturated rings. The topological polar surface area (TPSA) is 8.29 Å². The number of benzene rings is 1. The van der Waals surface area contributed by atoms with Crippen molar-refractivity contribution in [2.24, 2.45) is 7.05 Å². The molecule has 1 aromatic carbocycles. The smallest absolute Gasteiger partial charge is 0.237 e. The maximum Gasteiger partial charge on any atom is 0.237 e. The molecule has 4 rings (SSSR count). The number of fused-ring (bicyclic) bond motifs is 2. The molecule has 0 aliphatic carbocycles. The number of nitrogens with zero attached hydrogens (tertiary/aromatic N) is 2. The lowest BCUT2D eigenvalue weighted by Crippen LogP contribution is -2.31. The standard InChI is InChI=1S/C19H17N2/c1-14-13-16-8-5-6-11-21(16)18(14)19-17-9-4-3-7-15(17)10-12-20(19)2/h3-13H,1-2H3/q+1. The van der Waals surface area contributed by atoms with Crippen LogP contribution in [-0.2, 0) is 7.05 Å². The molecule has 0 atom stereocenters. The van der Waals surface area contributed by atoms with Gasteiger partial charge in [0.1, 0.15) is 12.7 Å². The average Bonchev–Trinajstić information content (AvgIpc) is 2.83. The first kappa shape index (κ1) is 12.2. The van der Waals surface area contributed by atoms with Gasteiger partial charge < -0.3 is 4.40 Å². The third kappa shape index (κ3) is 1.76. The molecule has 0 spiro atoms. The summed E-state index contributed by atoms with van der Waals surface area (Å²) in [7, 11) is 2.11. The fourth-order valence-corrected chi connectivity index (χ4v) is 3.17. The van der Waals surface area contributed by atoms with Gasteiger partial charge in [-0.2, -0.15) is 4.57 Å². The molecule has 0 unspecified atom stereocenters. The Bertz CT molecular complexity index is 964. The molecular weight excluding hydrogens is 256 g/mol. The predicted molar refractivity (Wildman–Crippen MR) is 86.3 cm³/mol. The molecule has 0 saturated heterocycles. The lowest BCUT2D eigenvalue weighted by molar-refractivity contribution is -0.659. The van der Waals surface area contributed by atoms with E-state index in [2.05, 4.69) is 89.9 Å². The third-order valence-electron chi connectivity index (χ3n) is 4.14. The second-order valence-electron chi connectivity index (χ2n) is 5.53. The lowest BCUT2D eigenvalue weighted by atomic mass is 10.1. The minimum Gasteiger partial charge on any atom is -0.311 e. The average molecular weight is 273 g/mol. The summed E-state index contributed by atoms with van der Waals surface area (Å²) in [5, 5.41) is 2.56. The number of aryl methyl sites for hydroxylation is 2. The van der Waals surface area contributed by atoms with E-state index in [1.54, 1.807) is 0 Å². The predicted octanol–water partition coefficient (Wildman–Crippen LogP) is 3.89. The molecule has 2 heteroatoms. The van der Waals surface area contributed by atoms with Gasteiger partial charge in [0.05, 0.1) is 5.39 Å². The van der Waals surface area contributed by atoms with E-state index in [1.807, 2.05) is 0 Å². The quantitative estimate of drug-likeness (QED) is 0.465. The van der Waals surface area contributed by atoms with Gasteiger partial charge in [-0.25, -0.2) is 0 Å². The van der Waals surface area contributed by atoms with Gasteiger partial charge in [-0.3, -0.25) is 0 Å². The molecule has 21 heavy (non-hydrogen) atoms. The van der Waals surface area contributed by atoms with Crippen LogP contribution in [0.3, 0.4) is 0 Å². The van der Waals surface area contributed by atoms with Gasteiger partial charge in [-0.15, -0.1) is 0 Å². The normalized spacial score (nSPS) is 11.3. The summed E-state index contributed by atoms with van der Waals surface area (Å²) in [6.45, 7) is 2.18. The summed E-state index contributed by atoms with van der Waals surface area (Å²) >= 11 is 0. The second kappa shape index (κ2) is 4.45. The fourth-order valence-electron chi connectivity index (χ4n) is 3.17. The first-order valence-electron chi connectivity index (χ1n) is 7.20. The van der Waals surface area contributed by atoms with Crippen molar-refractivity contribution in [3.63, 3.8) is 0 Å². The van der Waals surface area contributed by atoms with Crippen molar-refractivity contribution in [3.05, 3.63) is 72.6 Å². The Morgan fingerprint density at radius 2 is 1.76 bits per heavy atom. The van der Waals surface area contributed by atoms with Crippen LogP contribution in [0.4, 0.5) is 0 Å². The highest BCUT2D eigenvalue weighted by Crippen LogP contribution is 2.29. The molecule has 3 aromatic heterocycles. The molecule has 0 amide bonds. The maximum atomic E-state index is 2.27. The van der Waals surface area contributed by atoms with Crippen LogP contribution in [0.1, 0.15) is 5.56 Å². The zero-order valence-electron chi connectivity index (χ0n) is 12.2. The van der Waals surface area contributed by atoms with Gasteiger partial charge in [-0.1, -0.05) is 24.3 Å². The lowest BCUT2D eigenvalue weighted by Gasteiger charge is -2.07. The van der Waals surface area contributed by atoms with Gasteiger partial charge >= 0.3 is 0 Å². The van der Waals surface area contributed by atoms with Crippen molar-refractivity contribution in [1.82, 2.24) is 4.40 Å². The van der Waals surface area contributed by atoms with E-state index in [9.17, 15) is 0 Å². The molecule has 2 nitrogen and oxygen atoms in total. The third-order valence-corrected chi connectivity index (χ3v) is 4.14. The van der Waals surface area contributed by atoms with Gasteiger partial charge in [0.25, 0.3) is 0 Å². The highest BCUT2D eigenvalue weighted by atomic mass is 15.0. The molecule has 3 heterocycles. The highest BCUT2D eigenvalue weighted by molar-refractivity contribution is 5.93. The van der Waals surface area contributed by atoms with E-state index in [1.165, 1.54) is 33.2 Å². The monoisotopic (exact) mass is 273 g/mol. The number of pyridine rings is 2. The van der Waals surface area contributed by atoms with Crippen LogP contribution in [0.5, 0.6) is 0 Å². The van der Waals surface area contributed by atoms with Crippen molar-refractivity contribution in [3.8, 4) is 11.4 Å². The molecule has 0 aliphatic rings. The van der Waals surface area contributed by atoms with E-state index in [0.717, 1.165) is 0 Å². The SMILES string of the molecule is Cc1cc2ccccn2c1-c1c2ccccc2cc[n+]1C. The van der Waals surface area contributed by atoms with Crippen LogP contribution in [-0.4, -0.2) is 4.40 Å². The van der Waals surface area contributed by atoms with Crippen molar-refractivity contribution in [2.45, 2.75) is 6.92 Å². The summed E-state index contributed by atoms with van der Waals surface area (Å²) in [4.78, 5) is 0. The largest absolute Gasteiger partial charge is 0.311 e. The highest BCUT2D eigenvalue weighted by Gasteiger charge is 2.20. The number of hydrogen-bond acceptors (Lipinski definition) is 0. The Morgan fingerprint density at radius 1 is 0.952 bits per heavy atom. The van der Waals surface area contributed by atoms with Gasteiger partial charge in [0.2, 0.25) is 5.69 Å². The van der Waals surface area contributed by atoms with Crippen molar-refractivity contribution >= 4 is 16.3 Å². The van der Waals surface area contributed by atoms with E-state index < -0.39 is 0 Å². The van der Waals surface area contributed by atoms with E-state index in [0.29, 0.717) is 0 Å². The van der Waals surface area contributed by atoms with E-state index in [-0.39, 0.29) is 0 Å². The van der Waals surface area contributed by atoms with Gasteiger partial charge in [0, 0.05) is 17.8 Å². The molecule has 102 valence electrons. The molecule has 0 aliphatic heterocycles. The molecule has 0 bridgehead atoms. The summed E-state index contributed by atoms with van der Waals surface area (Å²) in [5.41, 5.74) is 5.06. The Hall–Kier alpha value is -2.61. The Morgan fingerprint density at radius 3 is 2.67 bits per heavy atom. The van der Waals surface area contributed by atoms with Gasteiger partial charge in [-0.05, 0) is 42.1 Å². The maximum absolute atomic E-state index is 2.27. The zero-order chi connectivity index (χ0) is 14.4. The molecule has 4 aromatic rings. The van der Waals surface area contributed by atoms with E-state index >= 15 is 0 Å². The summed E-state index contributed by atoms with van der Waals surface area (Å²) in [6, 6.07) is 19.3. The van der Waals surface area contributed by atoms with Crippen LogP contribution in [0.15, 0.2) is 67.0 Å².